The molecule has 7 heteroatoms. The fourth-order valence-electron chi connectivity index (χ4n) is 6.12. The van der Waals surface area contributed by atoms with Gasteiger partial charge in [-0.25, -0.2) is 17.5 Å². The molecule has 0 bridgehead atoms. The minimum Gasteiger partial charge on any atom is -0.233 e. The number of halogens is 1. The third-order valence-electron chi connectivity index (χ3n) is 8.33. The first-order valence-corrected chi connectivity index (χ1v) is 15.2. The summed E-state index contributed by atoms with van der Waals surface area (Å²) in [4.78, 5) is 0.336. The fraction of sp³-hybridized carbons (Fsp3) is 0.303. The topological polar surface area (TPSA) is 55.2 Å². The highest BCUT2D eigenvalue weighted by atomic mass is 32.2. The minimum atomic E-state index is -3.67. The molecule has 1 fully saturated rings. The highest BCUT2D eigenvalue weighted by molar-refractivity contribution is 7.89. The first kappa shape index (κ1) is 26.7. The molecule has 1 atom stereocenters. The van der Waals surface area contributed by atoms with Crippen LogP contribution in [0.25, 0.3) is 11.8 Å². The second-order valence-corrected chi connectivity index (χ2v) is 14.0. The SMILES string of the molecule is CC(C)(C)c1ccc(S(=O)(=O)N2CCC3=Cc4c(cnn4-c4ccc(F)cc4)C[C@]3(Cc3ccccc3)C2)cc1. The van der Waals surface area contributed by atoms with E-state index in [1.165, 1.54) is 23.3 Å². The van der Waals surface area contributed by atoms with Crippen molar-refractivity contribution in [2.24, 2.45) is 5.41 Å². The van der Waals surface area contributed by atoms with Crippen LogP contribution >= 0.6 is 0 Å². The van der Waals surface area contributed by atoms with Crippen LogP contribution in [0.15, 0.2) is 95.5 Å². The van der Waals surface area contributed by atoms with Crippen LogP contribution in [0.5, 0.6) is 0 Å². The Morgan fingerprint density at radius 2 is 1.65 bits per heavy atom. The zero-order valence-electron chi connectivity index (χ0n) is 23.1. The quantitative estimate of drug-likeness (QED) is 0.280. The summed E-state index contributed by atoms with van der Waals surface area (Å²) in [5.41, 5.74) is 5.94. The van der Waals surface area contributed by atoms with E-state index in [1.807, 2.05) is 41.2 Å². The van der Waals surface area contributed by atoms with Crippen LogP contribution in [0.3, 0.4) is 0 Å². The van der Waals surface area contributed by atoms with E-state index >= 15 is 0 Å². The van der Waals surface area contributed by atoms with Crippen molar-refractivity contribution in [2.75, 3.05) is 13.1 Å². The van der Waals surface area contributed by atoms with Crippen molar-refractivity contribution in [3.63, 3.8) is 0 Å². The standard InChI is InChI=1S/C33H34FN3O2S/c1-32(2,3)26-9-15-30(16-10-26)40(38,39)36-18-17-27-19-31-25(22-35-37(31)29-13-11-28(34)12-14-29)21-33(27,23-36)20-24-7-5-4-6-8-24/h4-16,19,22H,17-18,20-21,23H2,1-3H3/t33-/m1/s1. The summed E-state index contributed by atoms with van der Waals surface area (Å²) in [5, 5.41) is 4.65. The van der Waals surface area contributed by atoms with Crippen molar-refractivity contribution in [1.29, 1.82) is 0 Å². The van der Waals surface area contributed by atoms with Gasteiger partial charge in [-0.05, 0) is 83.8 Å². The van der Waals surface area contributed by atoms with Crippen LogP contribution < -0.4 is 0 Å². The van der Waals surface area contributed by atoms with Gasteiger partial charge in [0.25, 0.3) is 0 Å². The molecule has 0 amide bonds. The third-order valence-corrected chi connectivity index (χ3v) is 10.2. The van der Waals surface area contributed by atoms with Gasteiger partial charge >= 0.3 is 0 Å². The van der Waals surface area contributed by atoms with Crippen molar-refractivity contribution in [1.82, 2.24) is 14.1 Å². The number of nitrogens with zero attached hydrogens (tertiary/aromatic N) is 3. The maximum absolute atomic E-state index is 13.9. The maximum atomic E-state index is 13.9. The second kappa shape index (κ2) is 9.82. The van der Waals surface area contributed by atoms with Gasteiger partial charge in [0.1, 0.15) is 5.82 Å². The van der Waals surface area contributed by atoms with Crippen molar-refractivity contribution >= 4 is 16.1 Å². The molecule has 3 aromatic carbocycles. The summed E-state index contributed by atoms with van der Waals surface area (Å²) >= 11 is 0. The van der Waals surface area contributed by atoms with Gasteiger partial charge in [-0.2, -0.15) is 9.40 Å². The summed E-state index contributed by atoms with van der Waals surface area (Å²) in [6.07, 6.45) is 6.12. The van der Waals surface area contributed by atoms with Gasteiger partial charge in [0.2, 0.25) is 10.0 Å². The summed E-state index contributed by atoms with van der Waals surface area (Å²) in [5.74, 6) is -0.286. The summed E-state index contributed by atoms with van der Waals surface area (Å²) in [6.45, 7) is 7.19. The van der Waals surface area contributed by atoms with E-state index in [1.54, 1.807) is 28.6 Å². The number of benzene rings is 3. The van der Waals surface area contributed by atoms with Crippen LogP contribution in [0.1, 0.15) is 49.6 Å². The van der Waals surface area contributed by atoms with Gasteiger partial charge in [-0.1, -0.05) is 68.8 Å². The molecule has 1 saturated heterocycles. The molecule has 0 saturated carbocycles. The van der Waals surface area contributed by atoms with Crippen molar-refractivity contribution < 1.29 is 12.8 Å². The van der Waals surface area contributed by atoms with Gasteiger partial charge in [0, 0.05) is 18.5 Å². The van der Waals surface area contributed by atoms with Crippen LogP contribution in [0, 0.1) is 11.2 Å². The lowest BCUT2D eigenvalue weighted by molar-refractivity contribution is 0.209. The van der Waals surface area contributed by atoms with Crippen LogP contribution in [-0.4, -0.2) is 35.6 Å². The number of rotatable bonds is 5. The Hall–Kier alpha value is -3.55. The Morgan fingerprint density at radius 3 is 2.33 bits per heavy atom. The fourth-order valence-corrected chi connectivity index (χ4v) is 7.65. The lowest BCUT2D eigenvalue weighted by Gasteiger charge is -2.46. The van der Waals surface area contributed by atoms with Gasteiger partial charge < -0.3 is 0 Å². The van der Waals surface area contributed by atoms with E-state index in [-0.39, 0.29) is 16.6 Å². The van der Waals surface area contributed by atoms with Crippen molar-refractivity contribution in [2.45, 2.75) is 50.3 Å². The molecule has 0 N–H and O–H groups in total. The summed E-state index contributed by atoms with van der Waals surface area (Å²) < 4.78 is 45.0. The molecule has 206 valence electrons. The van der Waals surface area contributed by atoms with E-state index in [9.17, 15) is 12.8 Å². The number of sulfonamides is 1. The molecule has 4 aromatic rings. The molecule has 0 radical (unpaired) electrons. The number of hydrogen-bond acceptors (Lipinski definition) is 3. The molecule has 40 heavy (non-hydrogen) atoms. The lowest BCUT2D eigenvalue weighted by Crippen LogP contribution is -2.50. The Balaban J connectivity index is 1.38. The van der Waals surface area contributed by atoms with E-state index in [0.29, 0.717) is 30.8 Å². The van der Waals surface area contributed by atoms with Gasteiger partial charge in [-0.3, -0.25) is 0 Å². The molecule has 2 heterocycles. The largest absolute Gasteiger partial charge is 0.243 e. The summed E-state index contributed by atoms with van der Waals surface area (Å²) in [6, 6.07) is 24.0. The van der Waals surface area contributed by atoms with Crippen molar-refractivity contribution in [3.05, 3.63) is 119 Å². The summed E-state index contributed by atoms with van der Waals surface area (Å²) in [7, 11) is -3.67. The lowest BCUT2D eigenvalue weighted by atomic mass is 9.66. The number of piperidine rings is 1. The minimum absolute atomic E-state index is 0.0506. The third kappa shape index (κ3) is 4.82. The van der Waals surface area contributed by atoms with Crippen LogP contribution in [0.2, 0.25) is 0 Å². The predicted octanol–water partition coefficient (Wildman–Crippen LogP) is 6.57. The van der Waals surface area contributed by atoms with Crippen LogP contribution in [-0.2, 0) is 28.3 Å². The van der Waals surface area contributed by atoms with Gasteiger partial charge in [-0.15, -0.1) is 0 Å². The van der Waals surface area contributed by atoms with E-state index in [4.69, 9.17) is 0 Å². The Labute approximate surface area is 236 Å². The van der Waals surface area contributed by atoms with Crippen LogP contribution in [0.4, 0.5) is 4.39 Å². The van der Waals surface area contributed by atoms with E-state index in [2.05, 4.69) is 44.1 Å². The zero-order valence-corrected chi connectivity index (χ0v) is 24.0. The first-order valence-electron chi connectivity index (χ1n) is 13.7. The normalized spacial score (nSPS) is 19.6. The molecule has 1 aliphatic heterocycles. The second-order valence-electron chi connectivity index (χ2n) is 12.1. The highest BCUT2D eigenvalue weighted by Gasteiger charge is 2.46. The molecule has 0 spiro atoms. The molecular weight excluding hydrogens is 521 g/mol. The molecule has 6 rings (SSSR count). The van der Waals surface area contributed by atoms with Gasteiger partial charge in [0.05, 0.1) is 22.5 Å². The molecule has 1 aliphatic carbocycles. The average molecular weight is 556 g/mol. The van der Waals surface area contributed by atoms with Crippen molar-refractivity contribution in [3.8, 4) is 5.69 Å². The number of hydrogen-bond donors (Lipinski definition) is 0. The van der Waals surface area contributed by atoms with E-state index < -0.39 is 10.0 Å². The number of fused-ring (bicyclic) bond motifs is 2. The molecule has 1 aromatic heterocycles. The maximum Gasteiger partial charge on any atom is 0.243 e. The Kier molecular flexibility index (Phi) is 6.55. The molecular formula is C33H34FN3O2S. The van der Waals surface area contributed by atoms with E-state index in [0.717, 1.165) is 28.9 Å². The molecule has 5 nitrogen and oxygen atoms in total. The zero-order chi connectivity index (χ0) is 28.1. The van der Waals surface area contributed by atoms with Gasteiger partial charge in [0.15, 0.2) is 0 Å². The monoisotopic (exact) mass is 555 g/mol. The average Bonchev–Trinajstić information content (AvgIpc) is 3.34. The molecule has 0 unspecified atom stereocenters. The smallest absolute Gasteiger partial charge is 0.233 e. The Morgan fingerprint density at radius 1 is 0.950 bits per heavy atom. The first-order chi connectivity index (χ1) is 19.0. The number of aromatic nitrogens is 2. The molecule has 2 aliphatic rings. The Bertz CT molecular complexity index is 1670. The predicted molar refractivity (Wildman–Crippen MR) is 156 cm³/mol. The highest BCUT2D eigenvalue weighted by Crippen LogP contribution is 2.47.